The molecule has 0 aliphatic heterocycles. The zero-order valence-corrected chi connectivity index (χ0v) is 15.9. The molecule has 0 radical (unpaired) electrons. The highest BCUT2D eigenvalue weighted by molar-refractivity contribution is 9.10. The molecule has 130 valence electrons. The van der Waals surface area contributed by atoms with E-state index in [1.54, 1.807) is 7.11 Å². The Labute approximate surface area is 147 Å². The standard InChI is InChI=1S/C17H27BrN2O3/c1-17(2,3)23-16(21)19-11-5-6-15(12-22-4)20-14-9-7-13(18)8-10-14/h7-10,15,20H,5-6,11-12H2,1-4H3,(H,19,21). The highest BCUT2D eigenvalue weighted by atomic mass is 79.9. The van der Waals surface area contributed by atoms with Crippen LogP contribution < -0.4 is 10.6 Å². The molecule has 1 aromatic carbocycles. The first-order valence-electron chi connectivity index (χ1n) is 7.78. The van der Waals surface area contributed by atoms with Crippen molar-refractivity contribution in [2.24, 2.45) is 0 Å². The number of amides is 1. The van der Waals surface area contributed by atoms with Crippen molar-refractivity contribution in [3.63, 3.8) is 0 Å². The Morgan fingerprint density at radius 3 is 2.48 bits per heavy atom. The lowest BCUT2D eigenvalue weighted by Crippen LogP contribution is -2.33. The van der Waals surface area contributed by atoms with Gasteiger partial charge in [-0.15, -0.1) is 0 Å². The zero-order valence-electron chi connectivity index (χ0n) is 14.3. The molecule has 0 saturated carbocycles. The molecule has 23 heavy (non-hydrogen) atoms. The van der Waals surface area contributed by atoms with Crippen LogP contribution in [0.4, 0.5) is 10.5 Å². The number of carbonyl (C=O) groups is 1. The number of nitrogens with one attached hydrogen (secondary N) is 2. The van der Waals surface area contributed by atoms with Crippen LogP contribution in [0.1, 0.15) is 33.6 Å². The molecule has 1 amide bonds. The van der Waals surface area contributed by atoms with Gasteiger partial charge in [0.05, 0.1) is 6.61 Å². The summed E-state index contributed by atoms with van der Waals surface area (Å²) in [5.41, 5.74) is 0.585. The Morgan fingerprint density at radius 2 is 1.91 bits per heavy atom. The first kappa shape index (κ1) is 19.8. The predicted octanol–water partition coefficient (Wildman–Crippen LogP) is 4.18. The minimum absolute atomic E-state index is 0.196. The Bertz CT molecular complexity index is 472. The van der Waals surface area contributed by atoms with Gasteiger partial charge in [0.2, 0.25) is 0 Å². The molecule has 0 spiro atoms. The number of hydrogen-bond acceptors (Lipinski definition) is 4. The highest BCUT2D eigenvalue weighted by Gasteiger charge is 2.15. The fourth-order valence-corrected chi connectivity index (χ4v) is 2.30. The van der Waals surface area contributed by atoms with Crippen LogP contribution in [0.3, 0.4) is 0 Å². The molecule has 0 bridgehead atoms. The van der Waals surface area contributed by atoms with Crippen molar-refractivity contribution in [1.82, 2.24) is 5.32 Å². The first-order chi connectivity index (χ1) is 10.8. The van der Waals surface area contributed by atoms with Crippen molar-refractivity contribution in [3.8, 4) is 0 Å². The summed E-state index contributed by atoms with van der Waals surface area (Å²) in [5.74, 6) is 0. The molecule has 5 nitrogen and oxygen atoms in total. The number of hydrogen-bond donors (Lipinski definition) is 2. The van der Waals surface area contributed by atoms with Gasteiger partial charge < -0.3 is 20.1 Å². The Balaban J connectivity index is 2.33. The van der Waals surface area contributed by atoms with Gasteiger partial charge in [0.1, 0.15) is 5.60 Å². The Hall–Kier alpha value is -1.27. The molecule has 0 aliphatic rings. The lowest BCUT2D eigenvalue weighted by atomic mass is 10.1. The van der Waals surface area contributed by atoms with E-state index in [2.05, 4.69) is 26.6 Å². The van der Waals surface area contributed by atoms with Crippen molar-refractivity contribution in [2.45, 2.75) is 45.3 Å². The van der Waals surface area contributed by atoms with Crippen molar-refractivity contribution in [3.05, 3.63) is 28.7 Å². The van der Waals surface area contributed by atoms with Crippen molar-refractivity contribution in [1.29, 1.82) is 0 Å². The highest BCUT2D eigenvalue weighted by Crippen LogP contribution is 2.16. The monoisotopic (exact) mass is 386 g/mol. The quantitative estimate of drug-likeness (QED) is 0.657. The summed E-state index contributed by atoms with van der Waals surface area (Å²) in [6.45, 7) is 6.75. The normalized spacial score (nSPS) is 12.6. The van der Waals surface area contributed by atoms with Crippen LogP contribution in [-0.4, -0.2) is 38.0 Å². The average Bonchev–Trinajstić information content (AvgIpc) is 2.44. The van der Waals surface area contributed by atoms with E-state index in [1.807, 2.05) is 45.0 Å². The lowest BCUT2D eigenvalue weighted by molar-refractivity contribution is 0.0526. The van der Waals surface area contributed by atoms with Crippen LogP contribution in [0.2, 0.25) is 0 Å². The van der Waals surface area contributed by atoms with Crippen molar-refractivity contribution < 1.29 is 14.3 Å². The molecule has 1 aromatic rings. The van der Waals surface area contributed by atoms with Gasteiger partial charge in [0, 0.05) is 29.9 Å². The molecule has 0 aliphatic carbocycles. The SMILES string of the molecule is COCC(CCCNC(=O)OC(C)(C)C)Nc1ccc(Br)cc1. The van der Waals surface area contributed by atoms with E-state index in [-0.39, 0.29) is 12.1 Å². The topological polar surface area (TPSA) is 59.6 Å². The summed E-state index contributed by atoms with van der Waals surface area (Å²) < 4.78 is 11.5. The number of alkyl carbamates (subject to hydrolysis) is 1. The number of ether oxygens (including phenoxy) is 2. The van der Waals surface area contributed by atoms with Gasteiger partial charge in [-0.05, 0) is 57.9 Å². The molecule has 0 aromatic heterocycles. The van der Waals surface area contributed by atoms with Crippen LogP contribution in [-0.2, 0) is 9.47 Å². The number of rotatable bonds is 8. The van der Waals surface area contributed by atoms with Crippen molar-refractivity contribution in [2.75, 3.05) is 25.6 Å². The third-order valence-electron chi connectivity index (χ3n) is 2.98. The number of halogens is 1. The zero-order chi connectivity index (χ0) is 17.3. The molecule has 6 heteroatoms. The van der Waals surface area contributed by atoms with E-state index < -0.39 is 5.60 Å². The number of benzene rings is 1. The number of carbonyl (C=O) groups excluding carboxylic acids is 1. The molecule has 0 heterocycles. The fourth-order valence-electron chi connectivity index (χ4n) is 2.03. The average molecular weight is 387 g/mol. The van der Waals surface area contributed by atoms with Gasteiger partial charge in [-0.2, -0.15) is 0 Å². The fraction of sp³-hybridized carbons (Fsp3) is 0.588. The molecule has 2 N–H and O–H groups in total. The van der Waals surface area contributed by atoms with Gasteiger partial charge in [-0.1, -0.05) is 15.9 Å². The van der Waals surface area contributed by atoms with Crippen molar-refractivity contribution >= 4 is 27.7 Å². The summed E-state index contributed by atoms with van der Waals surface area (Å²) in [7, 11) is 1.69. The van der Waals surface area contributed by atoms with Gasteiger partial charge >= 0.3 is 6.09 Å². The second-order valence-corrected chi connectivity index (χ2v) is 7.29. The van der Waals surface area contributed by atoms with Gasteiger partial charge in [0.15, 0.2) is 0 Å². The lowest BCUT2D eigenvalue weighted by Gasteiger charge is -2.21. The van der Waals surface area contributed by atoms with Crippen LogP contribution in [0.25, 0.3) is 0 Å². The maximum Gasteiger partial charge on any atom is 0.407 e. The molecule has 1 unspecified atom stereocenters. The van der Waals surface area contributed by atoms with E-state index in [0.29, 0.717) is 13.2 Å². The summed E-state index contributed by atoms with van der Waals surface area (Å²) >= 11 is 3.42. The minimum Gasteiger partial charge on any atom is -0.444 e. The summed E-state index contributed by atoms with van der Waals surface area (Å²) in [4.78, 5) is 11.6. The van der Waals surface area contributed by atoms with Crippen LogP contribution in [0.5, 0.6) is 0 Å². The molecule has 0 fully saturated rings. The van der Waals surface area contributed by atoms with Crippen LogP contribution >= 0.6 is 15.9 Å². The van der Waals surface area contributed by atoms with E-state index in [9.17, 15) is 4.79 Å². The molecule has 1 atom stereocenters. The molecular formula is C17H27BrN2O3. The third-order valence-corrected chi connectivity index (χ3v) is 3.51. The molecule has 1 rings (SSSR count). The van der Waals surface area contributed by atoms with E-state index >= 15 is 0 Å². The third kappa shape index (κ3) is 9.46. The second-order valence-electron chi connectivity index (χ2n) is 6.37. The largest absolute Gasteiger partial charge is 0.444 e. The van der Waals surface area contributed by atoms with Gasteiger partial charge in [0.25, 0.3) is 0 Å². The predicted molar refractivity (Wildman–Crippen MR) is 96.9 cm³/mol. The van der Waals surface area contributed by atoms with E-state index in [1.165, 1.54) is 0 Å². The Morgan fingerprint density at radius 1 is 1.26 bits per heavy atom. The van der Waals surface area contributed by atoms with Crippen LogP contribution in [0, 0.1) is 0 Å². The van der Waals surface area contributed by atoms with E-state index in [0.717, 1.165) is 23.0 Å². The second kappa shape index (κ2) is 9.78. The minimum atomic E-state index is -0.466. The smallest absolute Gasteiger partial charge is 0.407 e. The number of anilines is 1. The van der Waals surface area contributed by atoms with Crippen LogP contribution in [0.15, 0.2) is 28.7 Å². The molecular weight excluding hydrogens is 360 g/mol. The van der Waals surface area contributed by atoms with Gasteiger partial charge in [-0.25, -0.2) is 4.79 Å². The first-order valence-corrected chi connectivity index (χ1v) is 8.57. The van der Waals surface area contributed by atoms with Gasteiger partial charge in [-0.3, -0.25) is 0 Å². The maximum absolute atomic E-state index is 11.6. The number of methoxy groups -OCH3 is 1. The Kier molecular flexibility index (Phi) is 8.41. The summed E-state index contributed by atoms with van der Waals surface area (Å²) in [5, 5.41) is 6.22. The summed E-state index contributed by atoms with van der Waals surface area (Å²) in [6, 6.07) is 8.23. The summed E-state index contributed by atoms with van der Waals surface area (Å²) in [6.07, 6.45) is 1.36. The molecule has 0 saturated heterocycles. The van der Waals surface area contributed by atoms with E-state index in [4.69, 9.17) is 9.47 Å². The maximum atomic E-state index is 11.6.